The lowest BCUT2D eigenvalue weighted by Crippen LogP contribution is -2.42. The quantitative estimate of drug-likeness (QED) is 0.575. The summed E-state index contributed by atoms with van der Waals surface area (Å²) in [4.78, 5) is 24.6. The molecule has 7 heteroatoms. The number of aromatic nitrogens is 3. The maximum atomic E-state index is 13.1. The van der Waals surface area contributed by atoms with Gasteiger partial charge in [-0.2, -0.15) is 0 Å². The van der Waals surface area contributed by atoms with Crippen molar-refractivity contribution in [2.45, 2.75) is 39.8 Å². The van der Waals surface area contributed by atoms with Crippen LogP contribution in [0.3, 0.4) is 0 Å². The van der Waals surface area contributed by atoms with Crippen molar-refractivity contribution in [1.29, 1.82) is 0 Å². The Morgan fingerprint density at radius 2 is 1.93 bits per heavy atom. The lowest BCUT2D eigenvalue weighted by Gasteiger charge is -2.30. The number of carbonyl (C=O) groups is 1. The molecule has 0 saturated heterocycles. The summed E-state index contributed by atoms with van der Waals surface area (Å²) in [6.07, 6.45) is 3.60. The van der Waals surface area contributed by atoms with Crippen LogP contribution in [-0.2, 0) is 7.05 Å². The van der Waals surface area contributed by atoms with Crippen LogP contribution in [0, 0.1) is 0 Å². The van der Waals surface area contributed by atoms with Gasteiger partial charge in [-0.3, -0.25) is 9.69 Å². The molecule has 2 heterocycles. The lowest BCUT2D eigenvalue weighted by atomic mass is 10.1. The molecule has 0 fully saturated rings. The Hall–Kier alpha value is -2.25. The van der Waals surface area contributed by atoms with E-state index in [2.05, 4.69) is 58.8 Å². The largest absolute Gasteiger partial charge is 0.351 e. The second kappa shape index (κ2) is 9.05. The minimum Gasteiger partial charge on any atom is -0.351 e. The van der Waals surface area contributed by atoms with E-state index >= 15 is 0 Å². The number of pyridine rings is 1. The lowest BCUT2D eigenvalue weighted by molar-refractivity contribution is 0.0941. The molecule has 0 aliphatic carbocycles. The van der Waals surface area contributed by atoms with E-state index in [9.17, 15) is 4.79 Å². The number of benzene rings is 1. The second-order valence-electron chi connectivity index (χ2n) is 7.76. The number of imidazole rings is 1. The summed E-state index contributed by atoms with van der Waals surface area (Å²) in [5, 5.41) is 3.91. The Morgan fingerprint density at radius 3 is 2.55 bits per heavy atom. The molecule has 0 radical (unpaired) electrons. The number of amides is 1. The summed E-state index contributed by atoms with van der Waals surface area (Å²) in [7, 11) is 1.92. The molecule has 0 unspecified atom stereocenters. The van der Waals surface area contributed by atoms with Crippen LogP contribution >= 0.6 is 15.9 Å². The Labute approximate surface area is 180 Å². The van der Waals surface area contributed by atoms with E-state index in [1.165, 1.54) is 0 Å². The molecule has 0 saturated carbocycles. The van der Waals surface area contributed by atoms with Crippen LogP contribution in [0.5, 0.6) is 0 Å². The first-order chi connectivity index (χ1) is 13.8. The van der Waals surface area contributed by atoms with E-state index in [4.69, 9.17) is 4.98 Å². The topological polar surface area (TPSA) is 63.1 Å². The van der Waals surface area contributed by atoms with Crippen molar-refractivity contribution < 1.29 is 4.79 Å². The molecule has 3 aromatic rings. The van der Waals surface area contributed by atoms with Crippen LogP contribution in [0.4, 0.5) is 0 Å². The first kappa shape index (κ1) is 21.5. The number of carbonyl (C=O) groups excluding carboxylic acids is 1. The zero-order valence-corrected chi connectivity index (χ0v) is 19.2. The molecular weight excluding hydrogens is 430 g/mol. The van der Waals surface area contributed by atoms with Gasteiger partial charge in [0.25, 0.3) is 5.91 Å². The van der Waals surface area contributed by atoms with E-state index in [0.29, 0.717) is 29.9 Å². The van der Waals surface area contributed by atoms with E-state index in [-0.39, 0.29) is 5.91 Å². The summed E-state index contributed by atoms with van der Waals surface area (Å²) in [6.45, 7) is 10.1. The number of fused-ring (bicyclic) bond motifs is 1. The third-order valence-corrected chi connectivity index (χ3v) is 5.54. The number of halogens is 1. The van der Waals surface area contributed by atoms with Crippen LogP contribution in [0.1, 0.15) is 38.1 Å². The minimum atomic E-state index is -0.0987. The average molecular weight is 458 g/mol. The third kappa shape index (κ3) is 4.85. The normalized spacial score (nSPS) is 11.8. The summed E-state index contributed by atoms with van der Waals surface area (Å²) in [6, 6.07) is 8.48. The van der Waals surface area contributed by atoms with Crippen molar-refractivity contribution in [2.24, 2.45) is 7.05 Å². The van der Waals surface area contributed by atoms with Gasteiger partial charge in [-0.25, -0.2) is 9.97 Å². The molecule has 0 atom stereocenters. The van der Waals surface area contributed by atoms with Crippen LogP contribution in [0.25, 0.3) is 22.4 Å². The minimum absolute atomic E-state index is 0.0987. The smallest absolute Gasteiger partial charge is 0.252 e. The molecule has 1 N–H and O–H groups in total. The Bertz CT molecular complexity index is 1000. The highest BCUT2D eigenvalue weighted by Gasteiger charge is 2.17. The number of rotatable bonds is 7. The predicted molar refractivity (Wildman–Crippen MR) is 121 cm³/mol. The van der Waals surface area contributed by atoms with E-state index in [0.717, 1.165) is 27.7 Å². The molecule has 2 aromatic heterocycles. The predicted octanol–water partition coefficient (Wildman–Crippen LogP) is 4.25. The molecule has 0 spiro atoms. The Kier molecular flexibility index (Phi) is 6.70. The fourth-order valence-corrected chi connectivity index (χ4v) is 3.98. The maximum absolute atomic E-state index is 13.1. The fraction of sp³-hybridized carbons (Fsp3) is 0.409. The van der Waals surface area contributed by atoms with Gasteiger partial charge in [0.15, 0.2) is 5.82 Å². The van der Waals surface area contributed by atoms with Crippen LogP contribution in [-0.4, -0.2) is 50.5 Å². The van der Waals surface area contributed by atoms with Crippen LogP contribution in [0.15, 0.2) is 41.1 Å². The van der Waals surface area contributed by atoms with Gasteiger partial charge >= 0.3 is 0 Å². The van der Waals surface area contributed by atoms with Crippen molar-refractivity contribution >= 4 is 32.7 Å². The first-order valence-corrected chi connectivity index (χ1v) is 10.7. The van der Waals surface area contributed by atoms with Crippen molar-refractivity contribution in [2.75, 3.05) is 13.1 Å². The van der Waals surface area contributed by atoms with Gasteiger partial charge in [0.2, 0.25) is 0 Å². The van der Waals surface area contributed by atoms with E-state index in [1.807, 2.05) is 42.1 Å². The number of aryl methyl sites for hydroxylation is 1. The van der Waals surface area contributed by atoms with Crippen molar-refractivity contribution in [3.63, 3.8) is 0 Å². The highest BCUT2D eigenvalue weighted by molar-refractivity contribution is 9.10. The molecule has 1 amide bonds. The summed E-state index contributed by atoms with van der Waals surface area (Å²) in [5.74, 6) is 0.632. The zero-order valence-electron chi connectivity index (χ0n) is 17.6. The fourth-order valence-electron chi connectivity index (χ4n) is 3.62. The van der Waals surface area contributed by atoms with Gasteiger partial charge in [-0.05, 0) is 52.0 Å². The van der Waals surface area contributed by atoms with Crippen molar-refractivity contribution in [3.8, 4) is 11.5 Å². The summed E-state index contributed by atoms with van der Waals surface area (Å²) in [5.41, 5.74) is 2.06. The standard InChI is InChI=1S/C22H28BrN5O/c1-14(2)28(15(3)4)11-9-25-22(29)18-13-20(21-24-8-10-27(21)5)26-19-7-6-16(23)12-17(18)19/h6-8,10,12-15H,9,11H2,1-5H3,(H,25,29). The number of hydrogen-bond donors (Lipinski definition) is 1. The number of hydrogen-bond acceptors (Lipinski definition) is 4. The monoisotopic (exact) mass is 457 g/mol. The van der Waals surface area contributed by atoms with Gasteiger partial charge < -0.3 is 9.88 Å². The second-order valence-corrected chi connectivity index (χ2v) is 8.68. The Balaban J connectivity index is 1.91. The molecule has 6 nitrogen and oxygen atoms in total. The van der Waals surface area contributed by atoms with E-state index < -0.39 is 0 Å². The molecule has 29 heavy (non-hydrogen) atoms. The molecule has 1 aromatic carbocycles. The first-order valence-electron chi connectivity index (χ1n) is 9.90. The average Bonchev–Trinajstić information content (AvgIpc) is 3.09. The zero-order chi connectivity index (χ0) is 21.1. The molecule has 0 aliphatic rings. The molecular formula is C22H28BrN5O. The van der Waals surface area contributed by atoms with Gasteiger partial charge in [0.1, 0.15) is 5.69 Å². The van der Waals surface area contributed by atoms with Crippen molar-refractivity contribution in [3.05, 3.63) is 46.7 Å². The van der Waals surface area contributed by atoms with Crippen LogP contribution in [0.2, 0.25) is 0 Å². The van der Waals surface area contributed by atoms with Crippen molar-refractivity contribution in [1.82, 2.24) is 24.8 Å². The SMILES string of the molecule is CC(C)N(CCNC(=O)c1cc(-c2nccn2C)nc2ccc(Br)cc12)C(C)C. The highest BCUT2D eigenvalue weighted by Crippen LogP contribution is 2.26. The molecule has 0 bridgehead atoms. The van der Waals surface area contributed by atoms with E-state index in [1.54, 1.807) is 6.20 Å². The summed E-state index contributed by atoms with van der Waals surface area (Å²) < 4.78 is 2.81. The number of nitrogens with zero attached hydrogens (tertiary/aromatic N) is 4. The Morgan fingerprint density at radius 1 is 1.21 bits per heavy atom. The number of nitrogens with one attached hydrogen (secondary N) is 1. The van der Waals surface area contributed by atoms with Gasteiger partial charge in [0.05, 0.1) is 11.1 Å². The van der Waals surface area contributed by atoms with Crippen LogP contribution < -0.4 is 5.32 Å². The highest BCUT2D eigenvalue weighted by atomic mass is 79.9. The molecule has 3 rings (SSSR count). The van der Waals surface area contributed by atoms with Gasteiger partial charge in [-0.15, -0.1) is 0 Å². The summed E-state index contributed by atoms with van der Waals surface area (Å²) >= 11 is 3.51. The van der Waals surface area contributed by atoms with Gasteiger partial charge in [-0.1, -0.05) is 15.9 Å². The maximum Gasteiger partial charge on any atom is 0.252 e. The molecule has 154 valence electrons. The van der Waals surface area contributed by atoms with Gasteiger partial charge in [0, 0.05) is 54.5 Å². The third-order valence-electron chi connectivity index (χ3n) is 5.05. The molecule has 0 aliphatic heterocycles.